The molecule has 0 spiro atoms. The van der Waals surface area contributed by atoms with Crippen LogP contribution >= 0.6 is 0 Å². The van der Waals surface area contributed by atoms with Gasteiger partial charge in [-0.15, -0.1) is 0 Å². The maximum atomic E-state index is 6.12. The van der Waals surface area contributed by atoms with Crippen LogP contribution < -0.4 is 5.73 Å². The quantitative estimate of drug-likeness (QED) is 0.540. The van der Waals surface area contributed by atoms with Crippen LogP contribution in [0.15, 0.2) is 18.6 Å². The van der Waals surface area contributed by atoms with Gasteiger partial charge in [0.2, 0.25) is 0 Å². The molecular formula is C22H36N4. The molecule has 0 amide bonds. The average Bonchev–Trinajstić information content (AvgIpc) is 3.11. The molecule has 0 aromatic carbocycles. The molecule has 2 N–H and O–H groups in total. The minimum Gasteiger partial charge on any atom is -0.383 e. The van der Waals surface area contributed by atoms with Crippen molar-refractivity contribution in [2.45, 2.75) is 91.5 Å². The first kappa shape index (κ1) is 20.5. The average molecular weight is 357 g/mol. The molecule has 2 aromatic rings. The maximum Gasteiger partial charge on any atom is 0.126 e. The molecule has 0 aliphatic rings. The second kappa shape index (κ2) is 9.20. The van der Waals surface area contributed by atoms with E-state index >= 15 is 0 Å². The van der Waals surface area contributed by atoms with Gasteiger partial charge in [-0.3, -0.25) is 4.68 Å². The van der Waals surface area contributed by atoms with Crippen molar-refractivity contribution < 1.29 is 0 Å². The number of hydrogen-bond acceptors (Lipinski definition) is 3. The monoisotopic (exact) mass is 356 g/mol. The number of hydrogen-bond donors (Lipinski definition) is 1. The molecule has 0 aliphatic carbocycles. The molecule has 0 fully saturated rings. The Balaban J connectivity index is 2.20. The zero-order valence-corrected chi connectivity index (χ0v) is 17.3. The van der Waals surface area contributed by atoms with Crippen LogP contribution in [0.1, 0.15) is 83.8 Å². The summed E-state index contributed by atoms with van der Waals surface area (Å²) in [6.45, 7) is 11.0. The molecule has 2 heterocycles. The molecule has 0 radical (unpaired) electrons. The van der Waals surface area contributed by atoms with E-state index in [1.54, 1.807) is 0 Å². The molecule has 0 saturated carbocycles. The minimum atomic E-state index is 0.0180. The summed E-state index contributed by atoms with van der Waals surface area (Å²) in [7, 11) is 0. The highest BCUT2D eigenvalue weighted by Crippen LogP contribution is 2.32. The van der Waals surface area contributed by atoms with Crippen molar-refractivity contribution in [3.8, 4) is 11.1 Å². The van der Waals surface area contributed by atoms with Crippen molar-refractivity contribution in [2.24, 2.45) is 0 Å². The Hall–Kier alpha value is -1.84. The van der Waals surface area contributed by atoms with Crippen LogP contribution in [-0.2, 0) is 12.0 Å². The summed E-state index contributed by atoms with van der Waals surface area (Å²) in [5.74, 6) is 0.620. The van der Waals surface area contributed by atoms with Crippen molar-refractivity contribution in [1.29, 1.82) is 0 Å². The predicted octanol–water partition coefficient (Wildman–Crippen LogP) is 5.88. The summed E-state index contributed by atoms with van der Waals surface area (Å²) in [5, 5.41) is 4.63. The van der Waals surface area contributed by atoms with Gasteiger partial charge in [-0.25, -0.2) is 4.98 Å². The standard InChI is InChI=1S/C22H36N4/c1-6-8-9-10-11-12-13-18-14-24-21(23)17(3)20(18)19-15-25-26(16-19)22(4,5)7-2/h14-16H,6-13H2,1-5H3,(H2,23,24). The van der Waals surface area contributed by atoms with Crippen molar-refractivity contribution >= 4 is 5.82 Å². The highest BCUT2D eigenvalue weighted by Gasteiger charge is 2.20. The van der Waals surface area contributed by atoms with Crippen molar-refractivity contribution in [3.05, 3.63) is 29.7 Å². The van der Waals surface area contributed by atoms with E-state index in [1.807, 2.05) is 12.4 Å². The molecule has 0 saturated heterocycles. The number of unbranched alkanes of at least 4 members (excludes halogenated alkanes) is 5. The van der Waals surface area contributed by atoms with Crippen LogP contribution in [0.3, 0.4) is 0 Å². The Labute approximate surface area is 159 Å². The molecule has 26 heavy (non-hydrogen) atoms. The Bertz CT molecular complexity index is 700. The van der Waals surface area contributed by atoms with Gasteiger partial charge < -0.3 is 5.73 Å². The minimum absolute atomic E-state index is 0.0180. The molecule has 0 bridgehead atoms. The highest BCUT2D eigenvalue weighted by atomic mass is 15.3. The first-order valence-electron chi connectivity index (χ1n) is 10.2. The Morgan fingerprint density at radius 1 is 1.04 bits per heavy atom. The van der Waals surface area contributed by atoms with E-state index in [9.17, 15) is 0 Å². The van der Waals surface area contributed by atoms with Gasteiger partial charge in [0.05, 0.1) is 11.7 Å². The highest BCUT2D eigenvalue weighted by molar-refractivity contribution is 5.73. The fraction of sp³-hybridized carbons (Fsp3) is 0.636. The van der Waals surface area contributed by atoms with Gasteiger partial charge in [0.1, 0.15) is 5.82 Å². The number of aromatic nitrogens is 3. The largest absolute Gasteiger partial charge is 0.383 e. The summed E-state index contributed by atoms with van der Waals surface area (Å²) in [6.07, 6.45) is 16.0. The Morgan fingerprint density at radius 3 is 2.42 bits per heavy atom. The summed E-state index contributed by atoms with van der Waals surface area (Å²) < 4.78 is 2.08. The third kappa shape index (κ3) is 4.87. The molecule has 0 unspecified atom stereocenters. The van der Waals surface area contributed by atoms with E-state index in [0.29, 0.717) is 5.82 Å². The number of aryl methyl sites for hydroxylation is 1. The topological polar surface area (TPSA) is 56.7 Å². The van der Waals surface area contributed by atoms with E-state index in [2.05, 4.69) is 55.6 Å². The SMILES string of the molecule is CCCCCCCCc1cnc(N)c(C)c1-c1cnn(C(C)(C)CC)c1. The fourth-order valence-electron chi connectivity index (χ4n) is 3.31. The van der Waals surface area contributed by atoms with Gasteiger partial charge in [-0.1, -0.05) is 46.0 Å². The van der Waals surface area contributed by atoms with Crippen LogP contribution in [-0.4, -0.2) is 14.8 Å². The van der Waals surface area contributed by atoms with Crippen molar-refractivity contribution in [2.75, 3.05) is 5.73 Å². The number of pyridine rings is 1. The molecule has 4 heteroatoms. The lowest BCUT2D eigenvalue weighted by Crippen LogP contribution is -2.25. The zero-order valence-electron chi connectivity index (χ0n) is 17.3. The molecule has 2 aromatic heterocycles. The van der Waals surface area contributed by atoms with Gasteiger partial charge >= 0.3 is 0 Å². The molecule has 2 rings (SSSR count). The number of rotatable bonds is 10. The van der Waals surface area contributed by atoms with Crippen molar-refractivity contribution in [1.82, 2.24) is 14.8 Å². The predicted molar refractivity (Wildman–Crippen MR) is 111 cm³/mol. The van der Waals surface area contributed by atoms with Crippen molar-refractivity contribution in [3.63, 3.8) is 0 Å². The summed E-state index contributed by atoms with van der Waals surface area (Å²) in [4.78, 5) is 4.42. The molecule has 4 nitrogen and oxygen atoms in total. The number of nitrogens with two attached hydrogens (primary N) is 1. The van der Waals surface area contributed by atoms with Crippen LogP contribution in [0, 0.1) is 6.92 Å². The third-order valence-electron chi connectivity index (χ3n) is 5.60. The van der Waals surface area contributed by atoms with Crippen LogP contribution in [0.5, 0.6) is 0 Å². The summed E-state index contributed by atoms with van der Waals surface area (Å²) in [6, 6.07) is 0. The number of anilines is 1. The second-order valence-electron chi connectivity index (χ2n) is 8.03. The first-order chi connectivity index (χ1) is 12.4. The van der Waals surface area contributed by atoms with Crippen LogP contribution in [0.4, 0.5) is 5.82 Å². The zero-order chi connectivity index (χ0) is 19.2. The molecular weight excluding hydrogens is 320 g/mol. The first-order valence-corrected chi connectivity index (χ1v) is 10.2. The second-order valence-corrected chi connectivity index (χ2v) is 8.03. The van der Waals surface area contributed by atoms with Gasteiger partial charge in [0.15, 0.2) is 0 Å². The lowest BCUT2D eigenvalue weighted by Gasteiger charge is -2.23. The maximum absolute atomic E-state index is 6.12. The van der Waals surface area contributed by atoms with E-state index < -0.39 is 0 Å². The summed E-state index contributed by atoms with van der Waals surface area (Å²) >= 11 is 0. The normalized spacial score (nSPS) is 11.9. The van der Waals surface area contributed by atoms with Gasteiger partial charge in [0, 0.05) is 18.0 Å². The van der Waals surface area contributed by atoms with Gasteiger partial charge in [0.25, 0.3) is 0 Å². The molecule has 0 atom stereocenters. The van der Waals surface area contributed by atoms with E-state index in [0.717, 1.165) is 24.0 Å². The number of nitrogens with zero attached hydrogens (tertiary/aromatic N) is 3. The molecule has 0 aliphatic heterocycles. The van der Waals surface area contributed by atoms with Gasteiger partial charge in [-0.2, -0.15) is 5.10 Å². The lowest BCUT2D eigenvalue weighted by atomic mass is 9.95. The lowest BCUT2D eigenvalue weighted by molar-refractivity contribution is 0.308. The third-order valence-corrected chi connectivity index (χ3v) is 5.60. The van der Waals surface area contributed by atoms with E-state index in [1.165, 1.54) is 49.7 Å². The number of nitrogen functional groups attached to an aromatic ring is 1. The Morgan fingerprint density at radius 2 is 1.73 bits per heavy atom. The Kier molecular flexibility index (Phi) is 7.24. The molecule has 144 valence electrons. The van der Waals surface area contributed by atoms with Crippen LogP contribution in [0.2, 0.25) is 0 Å². The van der Waals surface area contributed by atoms with Gasteiger partial charge in [-0.05, 0) is 56.7 Å². The van der Waals surface area contributed by atoms with E-state index in [-0.39, 0.29) is 5.54 Å². The summed E-state index contributed by atoms with van der Waals surface area (Å²) in [5.41, 5.74) is 10.9. The smallest absolute Gasteiger partial charge is 0.126 e. The van der Waals surface area contributed by atoms with E-state index in [4.69, 9.17) is 5.73 Å². The fourth-order valence-corrected chi connectivity index (χ4v) is 3.31. The van der Waals surface area contributed by atoms with Crippen LogP contribution in [0.25, 0.3) is 11.1 Å².